The molecule has 0 aliphatic carbocycles. The lowest BCUT2D eigenvalue weighted by Gasteiger charge is -2.21. The van der Waals surface area contributed by atoms with Crippen LogP contribution in [0.15, 0.2) is 0 Å². The summed E-state index contributed by atoms with van der Waals surface area (Å²) in [5, 5.41) is 10.5. The van der Waals surface area contributed by atoms with Crippen LogP contribution in [0.2, 0.25) is 0 Å². The van der Waals surface area contributed by atoms with Crippen LogP contribution in [0.4, 0.5) is 0 Å². The Morgan fingerprint density at radius 3 is 0.775 bits per heavy atom. The zero-order valence-electron chi connectivity index (χ0n) is 51.7. The number of rotatable bonds is 58. The van der Waals surface area contributed by atoms with Crippen molar-refractivity contribution in [2.75, 3.05) is 39.6 Å². The second-order valence-corrected chi connectivity index (χ2v) is 26.9. The Morgan fingerprint density at radius 2 is 0.525 bits per heavy atom. The van der Waals surface area contributed by atoms with Crippen molar-refractivity contribution in [3.63, 3.8) is 0 Å². The SMILES string of the molecule is CC(C)CCCCCCCCCCC(=O)O[C@H](COC(=O)CCCCCCCCCC(C)C)COP(=O)(O)OCC(O)COP(=O)(O)OC[C@@H](COC(=O)CCCCCCCCC(C)C)OC(=O)CCCCCCCCCC(C)C. The molecule has 0 heterocycles. The van der Waals surface area contributed by atoms with Crippen LogP contribution in [0.1, 0.15) is 287 Å². The Hall–Kier alpha value is -1.94. The molecular weight excluding hydrogens is 1070 g/mol. The van der Waals surface area contributed by atoms with Gasteiger partial charge in [0.05, 0.1) is 26.4 Å². The quantitative estimate of drug-likeness (QED) is 0.0222. The van der Waals surface area contributed by atoms with E-state index in [1.165, 1.54) is 77.0 Å². The van der Waals surface area contributed by atoms with Gasteiger partial charge in [-0.3, -0.25) is 37.3 Å². The van der Waals surface area contributed by atoms with E-state index in [2.05, 4.69) is 55.4 Å². The van der Waals surface area contributed by atoms with E-state index in [1.807, 2.05) is 0 Å². The zero-order chi connectivity index (χ0) is 59.7. The van der Waals surface area contributed by atoms with Crippen molar-refractivity contribution < 1.29 is 80.2 Å². The molecule has 0 aromatic heterocycles. The van der Waals surface area contributed by atoms with Gasteiger partial charge in [-0.1, -0.05) is 235 Å². The molecule has 0 rings (SSSR count). The second-order valence-electron chi connectivity index (χ2n) is 24.0. The largest absolute Gasteiger partial charge is 0.472 e. The highest BCUT2D eigenvalue weighted by Crippen LogP contribution is 2.45. The Labute approximate surface area is 486 Å². The number of phosphoric acid groups is 2. The maximum absolute atomic E-state index is 12.9. The summed E-state index contributed by atoms with van der Waals surface area (Å²) in [6, 6.07) is 0. The molecule has 0 amide bonds. The normalized spacial score (nSPS) is 14.5. The van der Waals surface area contributed by atoms with Crippen molar-refractivity contribution >= 4 is 39.5 Å². The van der Waals surface area contributed by atoms with Crippen molar-refractivity contribution in [3.8, 4) is 0 Å². The van der Waals surface area contributed by atoms with Gasteiger partial charge in [0.25, 0.3) is 0 Å². The fraction of sp³-hybridized carbons (Fsp3) is 0.934. The van der Waals surface area contributed by atoms with Crippen LogP contribution >= 0.6 is 15.6 Å². The number of carbonyl (C=O) groups is 4. The molecule has 0 saturated carbocycles. The van der Waals surface area contributed by atoms with E-state index in [1.54, 1.807) is 0 Å². The molecule has 0 radical (unpaired) electrons. The number of aliphatic hydroxyl groups is 1. The lowest BCUT2D eigenvalue weighted by Crippen LogP contribution is -2.30. The topological polar surface area (TPSA) is 237 Å². The molecule has 3 N–H and O–H groups in total. The fourth-order valence-electron chi connectivity index (χ4n) is 8.90. The van der Waals surface area contributed by atoms with Crippen molar-refractivity contribution in [1.29, 1.82) is 0 Å². The summed E-state index contributed by atoms with van der Waals surface area (Å²) in [6.07, 6.45) is 29.7. The highest BCUT2D eigenvalue weighted by atomic mass is 31.2. The predicted octanol–water partition coefficient (Wildman–Crippen LogP) is 16.2. The lowest BCUT2D eigenvalue weighted by molar-refractivity contribution is -0.161. The molecule has 0 aliphatic heterocycles. The molecule has 474 valence electrons. The van der Waals surface area contributed by atoms with Crippen molar-refractivity contribution in [2.24, 2.45) is 23.7 Å². The van der Waals surface area contributed by atoms with Crippen molar-refractivity contribution in [3.05, 3.63) is 0 Å². The van der Waals surface area contributed by atoms with E-state index in [4.69, 9.17) is 37.0 Å². The summed E-state index contributed by atoms with van der Waals surface area (Å²) >= 11 is 0. The number of esters is 4. The molecule has 0 saturated heterocycles. The smallest absolute Gasteiger partial charge is 0.462 e. The van der Waals surface area contributed by atoms with Gasteiger partial charge in [-0.25, -0.2) is 9.13 Å². The van der Waals surface area contributed by atoms with Gasteiger partial charge in [-0.2, -0.15) is 0 Å². The van der Waals surface area contributed by atoms with Crippen LogP contribution in [0, 0.1) is 23.7 Å². The minimum atomic E-state index is -4.94. The van der Waals surface area contributed by atoms with Gasteiger partial charge in [-0.15, -0.1) is 0 Å². The molecular formula is C61H118O17P2. The van der Waals surface area contributed by atoms with Crippen LogP contribution in [0.3, 0.4) is 0 Å². The number of aliphatic hydroxyl groups excluding tert-OH is 1. The van der Waals surface area contributed by atoms with Crippen molar-refractivity contribution in [1.82, 2.24) is 0 Å². The van der Waals surface area contributed by atoms with Gasteiger partial charge in [0.1, 0.15) is 19.3 Å². The molecule has 19 heteroatoms. The highest BCUT2D eigenvalue weighted by molar-refractivity contribution is 7.47. The Bertz CT molecular complexity index is 1610. The summed E-state index contributed by atoms with van der Waals surface area (Å²) in [7, 11) is -9.88. The summed E-state index contributed by atoms with van der Waals surface area (Å²) < 4.78 is 67.8. The minimum Gasteiger partial charge on any atom is -0.462 e. The molecule has 3 unspecified atom stereocenters. The molecule has 0 spiro atoms. The van der Waals surface area contributed by atoms with Gasteiger partial charge < -0.3 is 33.8 Å². The van der Waals surface area contributed by atoms with Gasteiger partial charge in [0.2, 0.25) is 0 Å². The Balaban J connectivity index is 5.25. The molecule has 0 aromatic rings. The highest BCUT2D eigenvalue weighted by Gasteiger charge is 2.30. The number of unbranched alkanes of at least 4 members (excludes halogenated alkanes) is 24. The zero-order valence-corrected chi connectivity index (χ0v) is 53.5. The number of carbonyl (C=O) groups excluding carboxylic acids is 4. The molecule has 0 fully saturated rings. The molecule has 80 heavy (non-hydrogen) atoms. The first-order chi connectivity index (χ1) is 38.1. The van der Waals surface area contributed by atoms with E-state index in [-0.39, 0.29) is 25.7 Å². The van der Waals surface area contributed by atoms with Crippen LogP contribution in [-0.4, -0.2) is 96.7 Å². The van der Waals surface area contributed by atoms with Crippen LogP contribution in [0.5, 0.6) is 0 Å². The van der Waals surface area contributed by atoms with Crippen LogP contribution in [0.25, 0.3) is 0 Å². The van der Waals surface area contributed by atoms with E-state index < -0.39 is 97.5 Å². The Morgan fingerprint density at radius 1 is 0.312 bits per heavy atom. The molecule has 0 bridgehead atoms. The maximum atomic E-state index is 12.9. The Kier molecular flexibility index (Phi) is 50.2. The maximum Gasteiger partial charge on any atom is 0.472 e. The average Bonchev–Trinajstić information content (AvgIpc) is 3.38. The van der Waals surface area contributed by atoms with Gasteiger partial charge >= 0.3 is 39.5 Å². The first kappa shape index (κ1) is 78.1. The van der Waals surface area contributed by atoms with E-state index in [9.17, 15) is 43.2 Å². The third-order valence-corrected chi connectivity index (χ3v) is 15.7. The second kappa shape index (κ2) is 51.5. The average molecular weight is 1190 g/mol. The number of phosphoric ester groups is 2. The van der Waals surface area contributed by atoms with Crippen LogP contribution in [-0.2, 0) is 65.4 Å². The third kappa shape index (κ3) is 55.3. The molecule has 17 nitrogen and oxygen atoms in total. The monoisotopic (exact) mass is 1180 g/mol. The molecule has 5 atom stereocenters. The summed E-state index contributed by atoms with van der Waals surface area (Å²) in [6.45, 7) is 13.8. The predicted molar refractivity (Wildman–Crippen MR) is 317 cm³/mol. The first-order valence-electron chi connectivity index (χ1n) is 31.7. The minimum absolute atomic E-state index is 0.101. The van der Waals surface area contributed by atoms with Gasteiger partial charge in [0.15, 0.2) is 12.2 Å². The third-order valence-electron chi connectivity index (χ3n) is 13.8. The number of hydrogen-bond acceptors (Lipinski definition) is 15. The number of hydrogen-bond donors (Lipinski definition) is 3. The molecule has 0 aliphatic rings. The first-order valence-corrected chi connectivity index (χ1v) is 34.7. The van der Waals surface area contributed by atoms with Crippen molar-refractivity contribution in [2.45, 2.75) is 305 Å². The lowest BCUT2D eigenvalue weighted by atomic mass is 10.0. The summed E-state index contributed by atoms with van der Waals surface area (Å²) in [5.74, 6) is 0.650. The summed E-state index contributed by atoms with van der Waals surface area (Å²) in [5.41, 5.74) is 0. The van der Waals surface area contributed by atoms with E-state index in [0.717, 1.165) is 109 Å². The van der Waals surface area contributed by atoms with E-state index >= 15 is 0 Å². The summed E-state index contributed by atoms with van der Waals surface area (Å²) in [4.78, 5) is 72.0. The fourth-order valence-corrected chi connectivity index (χ4v) is 10.5. The standard InChI is InChI=1S/C61H118O17P2/c1-51(2)37-29-21-13-9-10-16-27-35-43-60(65)77-56(47-71-58(63)41-33-25-17-11-14-22-30-38-52(3)4)49-75-79(67,68)73-45-55(62)46-74-80(69,70)76-50-57(48-72-59(64)42-34-26-20-19-24-32-40-54(7)8)78-61(66)44-36-28-18-12-15-23-31-39-53(5)6/h51-57,62H,9-50H2,1-8H3,(H,67,68)(H,69,70)/t55?,56-,57-/m1/s1. The number of ether oxygens (including phenoxy) is 4. The molecule has 0 aromatic carbocycles. The van der Waals surface area contributed by atoms with Crippen LogP contribution < -0.4 is 0 Å². The van der Waals surface area contributed by atoms with Gasteiger partial charge in [0, 0.05) is 25.7 Å². The van der Waals surface area contributed by atoms with Gasteiger partial charge in [-0.05, 0) is 49.4 Å². The van der Waals surface area contributed by atoms with E-state index in [0.29, 0.717) is 43.4 Å².